The van der Waals surface area contributed by atoms with Crippen molar-refractivity contribution in [2.24, 2.45) is 0 Å². The van der Waals surface area contributed by atoms with Gasteiger partial charge in [-0.2, -0.15) is 5.26 Å². The maximum absolute atomic E-state index is 13.2. The third kappa shape index (κ3) is 2.88. The molecule has 0 aliphatic rings. The molecule has 0 amide bonds. The first kappa shape index (κ1) is 12.6. The highest BCUT2D eigenvalue weighted by molar-refractivity contribution is 9.10. The molecule has 0 aliphatic carbocycles. The van der Waals surface area contributed by atoms with E-state index in [9.17, 15) is 4.39 Å². The first-order valence-corrected chi connectivity index (χ1v) is 6.02. The Morgan fingerprint density at radius 2 is 1.94 bits per heavy atom. The van der Waals surface area contributed by atoms with Crippen molar-refractivity contribution in [1.82, 2.24) is 0 Å². The molecule has 0 fully saturated rings. The van der Waals surface area contributed by atoms with E-state index < -0.39 is 0 Å². The van der Waals surface area contributed by atoms with Gasteiger partial charge in [-0.05, 0) is 42.8 Å². The van der Waals surface area contributed by atoms with Crippen LogP contribution in [-0.4, -0.2) is 0 Å². The van der Waals surface area contributed by atoms with Gasteiger partial charge in [0.25, 0.3) is 0 Å². The number of ether oxygens (including phenoxy) is 1. The number of aryl methyl sites for hydroxylation is 1. The predicted octanol–water partition coefficient (Wildman–Crippen LogP) is 4.56. The van der Waals surface area contributed by atoms with Gasteiger partial charge in [-0.15, -0.1) is 0 Å². The summed E-state index contributed by atoms with van der Waals surface area (Å²) in [5, 5.41) is 8.83. The first-order chi connectivity index (χ1) is 8.58. The summed E-state index contributed by atoms with van der Waals surface area (Å²) in [5.74, 6) is 0.611. The molecule has 0 saturated carbocycles. The van der Waals surface area contributed by atoms with Gasteiger partial charge < -0.3 is 4.74 Å². The molecule has 0 aliphatic heterocycles. The van der Waals surface area contributed by atoms with Crippen molar-refractivity contribution in [2.75, 3.05) is 0 Å². The minimum absolute atomic E-state index is 0.371. The van der Waals surface area contributed by atoms with Crippen LogP contribution in [0.15, 0.2) is 40.9 Å². The van der Waals surface area contributed by atoms with E-state index in [1.165, 1.54) is 12.1 Å². The van der Waals surface area contributed by atoms with Gasteiger partial charge in [-0.25, -0.2) is 4.39 Å². The van der Waals surface area contributed by atoms with Crippen molar-refractivity contribution >= 4 is 15.9 Å². The first-order valence-electron chi connectivity index (χ1n) is 5.23. The second-order valence-corrected chi connectivity index (χ2v) is 4.71. The van der Waals surface area contributed by atoms with Crippen LogP contribution < -0.4 is 4.74 Å². The van der Waals surface area contributed by atoms with Gasteiger partial charge in [0.2, 0.25) is 0 Å². The van der Waals surface area contributed by atoms with Crippen molar-refractivity contribution in [1.29, 1.82) is 5.26 Å². The Morgan fingerprint density at radius 1 is 1.17 bits per heavy atom. The zero-order valence-electron chi connectivity index (χ0n) is 9.58. The second kappa shape index (κ2) is 5.19. The summed E-state index contributed by atoms with van der Waals surface area (Å²) < 4.78 is 19.3. The Morgan fingerprint density at radius 3 is 2.56 bits per heavy atom. The predicted molar refractivity (Wildman–Crippen MR) is 70.1 cm³/mol. The van der Waals surface area contributed by atoms with Gasteiger partial charge in [-0.3, -0.25) is 0 Å². The van der Waals surface area contributed by atoms with E-state index in [0.717, 1.165) is 5.56 Å². The third-order valence-corrected chi connectivity index (χ3v) is 2.85. The summed E-state index contributed by atoms with van der Waals surface area (Å²) in [4.78, 5) is 0. The van der Waals surface area contributed by atoms with Crippen LogP contribution in [-0.2, 0) is 0 Å². The van der Waals surface area contributed by atoms with Gasteiger partial charge in [0, 0.05) is 10.5 Å². The monoisotopic (exact) mass is 305 g/mol. The van der Waals surface area contributed by atoms with Crippen molar-refractivity contribution in [3.05, 3.63) is 57.8 Å². The molecule has 0 heterocycles. The maximum Gasteiger partial charge on any atom is 0.131 e. The van der Waals surface area contributed by atoms with E-state index in [1.807, 2.05) is 6.92 Å². The number of hydrogen-bond donors (Lipinski definition) is 0. The SMILES string of the molecule is Cc1cc(Oc2cc(F)cc(Br)c2)ccc1C#N. The van der Waals surface area contributed by atoms with Gasteiger partial charge >= 0.3 is 0 Å². The van der Waals surface area contributed by atoms with E-state index in [4.69, 9.17) is 10.00 Å². The Labute approximate surface area is 113 Å². The maximum atomic E-state index is 13.2. The molecule has 0 bridgehead atoms. The quantitative estimate of drug-likeness (QED) is 0.815. The highest BCUT2D eigenvalue weighted by Crippen LogP contribution is 2.27. The molecule has 2 rings (SSSR count). The van der Waals surface area contributed by atoms with Crippen LogP contribution in [0.2, 0.25) is 0 Å². The standard InChI is InChI=1S/C14H9BrFNO/c1-9-4-13(3-2-10(9)8-17)18-14-6-11(15)5-12(16)7-14/h2-7H,1H3. The summed E-state index contributed by atoms with van der Waals surface area (Å²) in [7, 11) is 0. The van der Waals surface area contributed by atoms with Gasteiger partial charge in [-0.1, -0.05) is 15.9 Å². The minimum atomic E-state index is -0.371. The fraction of sp³-hybridized carbons (Fsp3) is 0.0714. The molecule has 0 N–H and O–H groups in total. The molecule has 4 heteroatoms. The number of nitriles is 1. The molecule has 0 aromatic heterocycles. The summed E-state index contributed by atoms with van der Waals surface area (Å²) in [6.07, 6.45) is 0. The Bertz CT molecular complexity index is 614. The van der Waals surface area contributed by atoms with E-state index in [-0.39, 0.29) is 5.82 Å². The molecule has 0 saturated heterocycles. The molecule has 0 atom stereocenters. The summed E-state index contributed by atoms with van der Waals surface area (Å²) >= 11 is 3.20. The fourth-order valence-corrected chi connectivity index (χ4v) is 1.99. The Balaban J connectivity index is 2.29. The molecule has 18 heavy (non-hydrogen) atoms. The van der Waals surface area contributed by atoms with Gasteiger partial charge in [0.15, 0.2) is 0 Å². The lowest BCUT2D eigenvalue weighted by molar-refractivity contribution is 0.476. The molecule has 2 aromatic carbocycles. The van der Waals surface area contributed by atoms with Crippen molar-refractivity contribution in [3.8, 4) is 17.6 Å². The van der Waals surface area contributed by atoms with Crippen LogP contribution in [0.1, 0.15) is 11.1 Å². The van der Waals surface area contributed by atoms with Crippen LogP contribution in [0, 0.1) is 24.1 Å². The van der Waals surface area contributed by atoms with Crippen molar-refractivity contribution < 1.29 is 9.13 Å². The van der Waals surface area contributed by atoms with Crippen molar-refractivity contribution in [2.45, 2.75) is 6.92 Å². The fourth-order valence-electron chi connectivity index (χ4n) is 1.55. The van der Waals surface area contributed by atoms with Gasteiger partial charge in [0.05, 0.1) is 11.6 Å². The molecule has 90 valence electrons. The third-order valence-electron chi connectivity index (χ3n) is 2.39. The molecule has 0 radical (unpaired) electrons. The van der Waals surface area contributed by atoms with E-state index in [2.05, 4.69) is 22.0 Å². The number of halogens is 2. The lowest BCUT2D eigenvalue weighted by Crippen LogP contribution is -1.88. The molecule has 0 unspecified atom stereocenters. The van der Waals surface area contributed by atoms with E-state index >= 15 is 0 Å². The number of benzene rings is 2. The average Bonchev–Trinajstić information content (AvgIpc) is 2.27. The molecule has 2 nitrogen and oxygen atoms in total. The Hall–Kier alpha value is -1.86. The van der Waals surface area contributed by atoms with Crippen LogP contribution >= 0.6 is 15.9 Å². The van der Waals surface area contributed by atoms with Crippen molar-refractivity contribution in [3.63, 3.8) is 0 Å². The minimum Gasteiger partial charge on any atom is -0.457 e. The summed E-state index contributed by atoms with van der Waals surface area (Å²) in [6, 6.07) is 11.5. The summed E-state index contributed by atoms with van der Waals surface area (Å²) in [6.45, 7) is 1.83. The van der Waals surface area contributed by atoms with E-state index in [0.29, 0.717) is 21.5 Å². The van der Waals surface area contributed by atoms with Crippen LogP contribution in [0.5, 0.6) is 11.5 Å². The normalized spacial score (nSPS) is 9.89. The largest absolute Gasteiger partial charge is 0.457 e. The average molecular weight is 306 g/mol. The van der Waals surface area contributed by atoms with Crippen LogP contribution in [0.25, 0.3) is 0 Å². The van der Waals surface area contributed by atoms with Crippen LogP contribution in [0.4, 0.5) is 4.39 Å². The Kier molecular flexibility index (Phi) is 3.63. The van der Waals surface area contributed by atoms with Gasteiger partial charge in [0.1, 0.15) is 17.3 Å². The highest BCUT2D eigenvalue weighted by atomic mass is 79.9. The highest BCUT2D eigenvalue weighted by Gasteiger charge is 2.04. The number of hydrogen-bond acceptors (Lipinski definition) is 2. The summed E-state index contributed by atoms with van der Waals surface area (Å²) in [5.41, 5.74) is 1.42. The van der Waals surface area contributed by atoms with E-state index in [1.54, 1.807) is 24.3 Å². The number of rotatable bonds is 2. The lowest BCUT2D eigenvalue weighted by atomic mass is 10.1. The second-order valence-electron chi connectivity index (χ2n) is 3.80. The smallest absolute Gasteiger partial charge is 0.131 e. The number of nitrogens with zero attached hydrogens (tertiary/aromatic N) is 1. The molecule has 2 aromatic rings. The lowest BCUT2D eigenvalue weighted by Gasteiger charge is -2.07. The zero-order chi connectivity index (χ0) is 13.1. The molecule has 0 spiro atoms. The molecular weight excluding hydrogens is 297 g/mol. The molecular formula is C14H9BrFNO. The topological polar surface area (TPSA) is 33.0 Å². The van der Waals surface area contributed by atoms with Crippen LogP contribution in [0.3, 0.4) is 0 Å². The zero-order valence-corrected chi connectivity index (χ0v) is 11.2.